The second-order valence-corrected chi connectivity index (χ2v) is 10.3. The molecule has 1 aliphatic heterocycles. The van der Waals surface area contributed by atoms with Crippen molar-refractivity contribution in [3.8, 4) is 0 Å². The van der Waals surface area contributed by atoms with Crippen LogP contribution in [0.1, 0.15) is 11.9 Å². The number of nitrogens with two attached hydrogens (primary N) is 1. The van der Waals surface area contributed by atoms with Gasteiger partial charge in [-0.3, -0.25) is 19.3 Å². The van der Waals surface area contributed by atoms with Gasteiger partial charge in [-0.2, -0.15) is 13.9 Å². The van der Waals surface area contributed by atoms with E-state index in [1.54, 1.807) is 24.4 Å². The van der Waals surface area contributed by atoms with Crippen LogP contribution in [-0.2, 0) is 29.2 Å². The van der Waals surface area contributed by atoms with Crippen molar-refractivity contribution in [1.29, 1.82) is 0 Å². The van der Waals surface area contributed by atoms with Gasteiger partial charge in [0.05, 0.1) is 12.3 Å². The number of aliphatic hydroxyl groups is 2. The fourth-order valence-corrected chi connectivity index (χ4v) is 5.17. The molecule has 0 amide bonds. The van der Waals surface area contributed by atoms with Crippen molar-refractivity contribution in [2.24, 2.45) is 0 Å². The molecule has 19 heteroatoms. The van der Waals surface area contributed by atoms with Crippen LogP contribution < -0.4 is 15.9 Å². The van der Waals surface area contributed by atoms with E-state index >= 15 is 0 Å². The maximum absolute atomic E-state index is 12.6. The summed E-state index contributed by atoms with van der Waals surface area (Å²) in [6.07, 6.45) is -3.14. The number of pyridine rings is 1. The van der Waals surface area contributed by atoms with Gasteiger partial charge in [0.25, 0.3) is 11.2 Å². The van der Waals surface area contributed by atoms with Crippen LogP contribution in [0.25, 0.3) is 11.2 Å². The third-order valence-corrected chi connectivity index (χ3v) is 7.12. The molecule has 1 saturated heterocycles. The fraction of sp³-hybridized carbons (Fsp3) is 0.375. The molecule has 8 N–H and O–H groups in total. The molecule has 1 unspecified atom stereocenters. The van der Waals surface area contributed by atoms with Gasteiger partial charge in [0, 0.05) is 6.20 Å². The molecule has 0 radical (unpaired) electrons. The number of fused-ring (bicyclic) bond motifs is 1. The lowest BCUT2D eigenvalue weighted by atomic mass is 10.1. The molecule has 1 fully saturated rings. The highest BCUT2D eigenvalue weighted by Gasteiger charge is 2.49. The predicted octanol–water partition coefficient (Wildman–Crippen LogP) is -2.12. The van der Waals surface area contributed by atoms with Crippen molar-refractivity contribution in [3.05, 3.63) is 46.8 Å². The number of nitrogens with zero attached hydrogens (tertiary/aromatic N) is 4. The lowest BCUT2D eigenvalue weighted by Gasteiger charge is -2.17. The van der Waals surface area contributed by atoms with Crippen LogP contribution in [0.2, 0.25) is 0 Å². The number of aromatic nitrogens is 5. The minimum absolute atomic E-state index is 0.00216. The van der Waals surface area contributed by atoms with Crippen LogP contribution in [0.3, 0.4) is 0 Å². The largest absolute Gasteiger partial charge is 0.481 e. The Labute approximate surface area is 195 Å². The predicted molar refractivity (Wildman–Crippen MR) is 113 cm³/mol. The van der Waals surface area contributed by atoms with E-state index in [2.05, 4.69) is 23.8 Å². The number of imidazole rings is 1. The quantitative estimate of drug-likeness (QED) is 0.120. The Balaban J connectivity index is 1.64. The number of ether oxygens (including phenoxy) is 1. The summed E-state index contributed by atoms with van der Waals surface area (Å²) in [5.41, 5.74) is 5.74. The molecular weight excluding hydrogens is 514 g/mol. The summed E-state index contributed by atoms with van der Waals surface area (Å²) in [4.78, 5) is 50.1. The van der Waals surface area contributed by atoms with Gasteiger partial charge in [-0.25, -0.2) is 13.7 Å². The lowest BCUT2D eigenvalue weighted by Crippen LogP contribution is -2.37. The highest BCUT2D eigenvalue weighted by Crippen LogP contribution is 2.57. The molecule has 0 aliphatic carbocycles. The number of aliphatic hydroxyl groups excluding tert-OH is 2. The Kier molecular flexibility index (Phi) is 6.91. The first kappa shape index (κ1) is 25.5. The zero-order valence-electron chi connectivity index (χ0n) is 17.6. The summed E-state index contributed by atoms with van der Waals surface area (Å²) in [6.45, 7) is -0.754. The molecule has 4 rings (SSSR count). The van der Waals surface area contributed by atoms with Crippen LogP contribution in [0.5, 0.6) is 0 Å². The summed E-state index contributed by atoms with van der Waals surface area (Å²) >= 11 is 0. The van der Waals surface area contributed by atoms with E-state index in [0.717, 1.165) is 0 Å². The van der Waals surface area contributed by atoms with E-state index in [1.807, 2.05) is 0 Å². The van der Waals surface area contributed by atoms with Gasteiger partial charge in [0.15, 0.2) is 0 Å². The minimum Gasteiger partial charge on any atom is -0.387 e. The topological polar surface area (TPSA) is 256 Å². The first-order chi connectivity index (χ1) is 16.3. The number of aromatic amines is 1. The molecule has 0 spiro atoms. The summed E-state index contributed by atoms with van der Waals surface area (Å²) in [5.74, 6) is -0.226. The average molecular weight is 535 g/mol. The van der Waals surface area contributed by atoms with Gasteiger partial charge in [0.2, 0.25) is 18.5 Å². The van der Waals surface area contributed by atoms with Crippen molar-refractivity contribution < 1.29 is 52.2 Å². The second kappa shape index (κ2) is 9.48. The molecule has 17 nitrogen and oxygen atoms in total. The van der Waals surface area contributed by atoms with Crippen LogP contribution >= 0.6 is 15.6 Å². The van der Waals surface area contributed by atoms with E-state index in [-0.39, 0.29) is 23.7 Å². The maximum atomic E-state index is 12.6. The van der Waals surface area contributed by atoms with Gasteiger partial charge < -0.3 is 35.4 Å². The van der Waals surface area contributed by atoms with E-state index in [0.29, 0.717) is 5.69 Å². The Morgan fingerprint density at radius 2 is 1.97 bits per heavy atom. The third-order valence-electron chi connectivity index (χ3n) is 4.97. The van der Waals surface area contributed by atoms with Crippen molar-refractivity contribution >= 4 is 32.8 Å². The average Bonchev–Trinajstić information content (AvgIpc) is 3.23. The van der Waals surface area contributed by atoms with Crippen molar-refractivity contribution in [3.63, 3.8) is 0 Å². The number of hydrogen-bond donors (Lipinski definition) is 7. The van der Waals surface area contributed by atoms with E-state index < -0.39 is 52.4 Å². The number of H-pyrrole nitrogens is 1. The molecule has 0 aromatic carbocycles. The number of nitrogen functional groups attached to an aromatic ring is 1. The van der Waals surface area contributed by atoms with Crippen LogP contribution in [-0.4, -0.2) is 69.3 Å². The molecule has 3 aromatic rings. The van der Waals surface area contributed by atoms with Crippen molar-refractivity contribution in [2.45, 2.75) is 31.1 Å². The molecule has 0 bridgehead atoms. The SMILES string of the molecule is Nc1nc2c(c(=O)[nH]1)[n+](Cc1ccccn1)cn2[C@@H]1O[C@H](COP(=O)(O)OP(=O)(O)O)[C@@H](O)[C@H]1O. The highest BCUT2D eigenvalue weighted by atomic mass is 31.3. The van der Waals surface area contributed by atoms with Gasteiger partial charge in [-0.05, 0) is 12.1 Å². The minimum atomic E-state index is -5.35. The van der Waals surface area contributed by atoms with Crippen molar-refractivity contribution in [2.75, 3.05) is 12.3 Å². The molecule has 1 aliphatic rings. The summed E-state index contributed by atoms with van der Waals surface area (Å²) in [6, 6.07) is 5.19. The molecule has 3 aromatic heterocycles. The standard InChI is InChI=1S/C16H20N6O11P2/c17-16-19-13-10(14(25)20-16)21(5-8-3-1-2-4-18-8)7-22(13)15-12(24)11(23)9(32-15)6-31-35(29,30)33-34(26,27)28/h1-4,7,9,11-12,15,23-24H,5-6H2,(H5-,17,19,20,25,26,27,28,29,30)/p+1/t9-,11-,12-,15-/m1/s1. The highest BCUT2D eigenvalue weighted by molar-refractivity contribution is 7.60. The van der Waals surface area contributed by atoms with Crippen LogP contribution in [0, 0.1) is 0 Å². The molecule has 4 heterocycles. The Morgan fingerprint density at radius 1 is 1.23 bits per heavy atom. The Morgan fingerprint density at radius 3 is 2.63 bits per heavy atom. The number of nitrogens with one attached hydrogen (secondary N) is 1. The van der Waals surface area contributed by atoms with E-state index in [4.69, 9.17) is 20.3 Å². The first-order valence-corrected chi connectivity index (χ1v) is 12.8. The molecule has 190 valence electrons. The first-order valence-electron chi connectivity index (χ1n) is 9.80. The van der Waals surface area contributed by atoms with Gasteiger partial charge >= 0.3 is 21.2 Å². The molecular formula is C16H21N6O11P2+. The monoisotopic (exact) mass is 535 g/mol. The van der Waals surface area contributed by atoms with Crippen LogP contribution in [0.15, 0.2) is 35.5 Å². The van der Waals surface area contributed by atoms with E-state index in [9.17, 15) is 29.0 Å². The molecule has 0 saturated carbocycles. The molecule has 35 heavy (non-hydrogen) atoms. The summed E-state index contributed by atoms with van der Waals surface area (Å²) in [5, 5.41) is 21.0. The van der Waals surface area contributed by atoms with Crippen LogP contribution in [0.4, 0.5) is 5.95 Å². The number of phosphoric acid groups is 2. The number of hydrogen-bond acceptors (Lipinski definition) is 11. The zero-order valence-corrected chi connectivity index (χ0v) is 19.3. The van der Waals surface area contributed by atoms with Gasteiger partial charge in [-0.1, -0.05) is 6.07 Å². The third kappa shape index (κ3) is 5.65. The lowest BCUT2D eigenvalue weighted by molar-refractivity contribution is -0.664. The normalized spacial score (nSPS) is 24.6. The van der Waals surface area contributed by atoms with Crippen molar-refractivity contribution in [1.82, 2.24) is 19.5 Å². The van der Waals surface area contributed by atoms with Gasteiger partial charge in [0.1, 0.15) is 24.9 Å². The smallest absolute Gasteiger partial charge is 0.387 e. The zero-order chi connectivity index (χ0) is 25.5. The number of anilines is 1. The Hall–Kier alpha value is -2.56. The summed E-state index contributed by atoms with van der Waals surface area (Å²) < 4.78 is 39.0. The Bertz CT molecular complexity index is 1380. The summed E-state index contributed by atoms with van der Waals surface area (Å²) in [7, 11) is -10.6. The molecule has 5 atom stereocenters. The maximum Gasteiger partial charge on any atom is 0.481 e. The number of phosphoric ester groups is 1. The fourth-order valence-electron chi connectivity index (χ4n) is 3.57. The van der Waals surface area contributed by atoms with Gasteiger partial charge in [-0.15, -0.1) is 0 Å². The van der Waals surface area contributed by atoms with E-state index in [1.165, 1.54) is 15.5 Å². The number of rotatable bonds is 8. The second-order valence-electron chi connectivity index (χ2n) is 7.48.